The van der Waals surface area contributed by atoms with Gasteiger partial charge in [-0.15, -0.1) is 0 Å². The van der Waals surface area contributed by atoms with E-state index in [4.69, 9.17) is 4.74 Å². The molecule has 1 N–H and O–H groups in total. The fraction of sp³-hybridized carbons (Fsp3) is 0.533. The van der Waals surface area contributed by atoms with Gasteiger partial charge in [0.2, 0.25) is 0 Å². The smallest absolute Gasteiger partial charge is 0.330 e. The zero-order valence-electron chi connectivity index (χ0n) is 11.6. The highest BCUT2D eigenvalue weighted by Gasteiger charge is 2.38. The van der Waals surface area contributed by atoms with Crippen LogP contribution in [0.1, 0.15) is 30.9 Å². The maximum Gasteiger partial charge on any atom is 0.330 e. The standard InChI is InChI=1S/C15H20FNO2/c1-10-4-7-12(8-13(10)16)15(2,14(18)19-3)17-9-11-5-6-11/h4,7-8,11,17H,5-6,9H2,1-3H3. The van der Waals surface area contributed by atoms with E-state index in [1.54, 1.807) is 26.0 Å². The number of rotatable bonds is 5. The van der Waals surface area contributed by atoms with Crippen molar-refractivity contribution in [3.05, 3.63) is 35.1 Å². The third-order valence-corrected chi connectivity index (χ3v) is 3.78. The van der Waals surface area contributed by atoms with Crippen molar-refractivity contribution in [1.29, 1.82) is 0 Å². The van der Waals surface area contributed by atoms with Gasteiger partial charge in [-0.3, -0.25) is 5.32 Å². The number of ether oxygens (including phenoxy) is 1. The quantitative estimate of drug-likeness (QED) is 0.831. The molecule has 0 heterocycles. The number of benzene rings is 1. The second kappa shape index (κ2) is 5.29. The molecule has 1 aliphatic rings. The lowest BCUT2D eigenvalue weighted by Gasteiger charge is -2.29. The Balaban J connectivity index is 2.28. The maximum atomic E-state index is 13.7. The van der Waals surface area contributed by atoms with Crippen LogP contribution in [0.5, 0.6) is 0 Å². The third-order valence-electron chi connectivity index (χ3n) is 3.78. The average molecular weight is 265 g/mol. The van der Waals surface area contributed by atoms with Crippen LogP contribution in [0, 0.1) is 18.7 Å². The van der Waals surface area contributed by atoms with Crippen molar-refractivity contribution in [3.8, 4) is 0 Å². The zero-order chi connectivity index (χ0) is 14.0. The van der Waals surface area contributed by atoms with E-state index in [0.717, 1.165) is 6.54 Å². The van der Waals surface area contributed by atoms with E-state index >= 15 is 0 Å². The summed E-state index contributed by atoms with van der Waals surface area (Å²) in [5.74, 6) is -0.0727. The number of nitrogens with one attached hydrogen (secondary N) is 1. The summed E-state index contributed by atoms with van der Waals surface area (Å²) in [7, 11) is 1.35. The molecule has 1 atom stereocenters. The number of carbonyl (C=O) groups is 1. The highest BCUT2D eigenvalue weighted by molar-refractivity contribution is 5.82. The Hall–Kier alpha value is -1.42. The Morgan fingerprint density at radius 2 is 2.21 bits per heavy atom. The van der Waals surface area contributed by atoms with Gasteiger partial charge in [-0.2, -0.15) is 0 Å². The summed E-state index contributed by atoms with van der Waals surface area (Å²) in [6.45, 7) is 4.19. The Labute approximate surface area is 113 Å². The van der Waals surface area contributed by atoms with E-state index in [1.165, 1.54) is 26.0 Å². The first-order valence-corrected chi connectivity index (χ1v) is 6.57. The first-order chi connectivity index (χ1) is 8.97. The topological polar surface area (TPSA) is 38.3 Å². The fourth-order valence-corrected chi connectivity index (χ4v) is 2.07. The van der Waals surface area contributed by atoms with Gasteiger partial charge in [-0.25, -0.2) is 9.18 Å². The van der Waals surface area contributed by atoms with E-state index in [-0.39, 0.29) is 5.82 Å². The molecule has 0 radical (unpaired) electrons. The van der Waals surface area contributed by atoms with Crippen LogP contribution >= 0.6 is 0 Å². The number of carbonyl (C=O) groups excluding carboxylic acids is 1. The van der Waals surface area contributed by atoms with Crippen LogP contribution in [0.4, 0.5) is 4.39 Å². The Morgan fingerprint density at radius 3 is 2.74 bits per heavy atom. The van der Waals surface area contributed by atoms with Crippen LogP contribution in [0.2, 0.25) is 0 Å². The molecule has 1 fully saturated rings. The molecule has 104 valence electrons. The molecular formula is C15H20FNO2. The van der Waals surface area contributed by atoms with Crippen molar-refractivity contribution in [3.63, 3.8) is 0 Å². The highest BCUT2D eigenvalue weighted by Crippen LogP contribution is 2.31. The predicted octanol–water partition coefficient (Wildman–Crippen LogP) is 2.52. The van der Waals surface area contributed by atoms with Gasteiger partial charge in [-0.1, -0.05) is 12.1 Å². The second-order valence-electron chi connectivity index (χ2n) is 5.40. The third kappa shape index (κ3) is 2.95. The summed E-state index contributed by atoms with van der Waals surface area (Å²) in [6.07, 6.45) is 2.37. The lowest BCUT2D eigenvalue weighted by Crippen LogP contribution is -2.48. The Bertz CT molecular complexity index is 485. The predicted molar refractivity (Wildman–Crippen MR) is 71.2 cm³/mol. The first-order valence-electron chi connectivity index (χ1n) is 6.57. The van der Waals surface area contributed by atoms with E-state index in [1.807, 2.05) is 0 Å². The van der Waals surface area contributed by atoms with Crippen molar-refractivity contribution in [2.45, 2.75) is 32.2 Å². The molecule has 19 heavy (non-hydrogen) atoms. The van der Waals surface area contributed by atoms with E-state index in [2.05, 4.69) is 5.32 Å². The minimum absolute atomic E-state index is 0.305. The van der Waals surface area contributed by atoms with Gasteiger partial charge >= 0.3 is 5.97 Å². The highest BCUT2D eigenvalue weighted by atomic mass is 19.1. The molecule has 4 heteroatoms. The Morgan fingerprint density at radius 1 is 1.53 bits per heavy atom. The van der Waals surface area contributed by atoms with Gasteiger partial charge in [0.05, 0.1) is 7.11 Å². The Kier molecular flexibility index (Phi) is 3.90. The molecule has 0 aromatic heterocycles. The minimum Gasteiger partial charge on any atom is -0.467 e. The molecule has 1 unspecified atom stereocenters. The van der Waals surface area contributed by atoms with Gasteiger partial charge in [-0.05, 0) is 56.3 Å². The van der Waals surface area contributed by atoms with Crippen molar-refractivity contribution in [1.82, 2.24) is 5.32 Å². The molecule has 1 aliphatic carbocycles. The van der Waals surface area contributed by atoms with Crippen LogP contribution in [-0.4, -0.2) is 19.6 Å². The number of halogens is 1. The summed E-state index contributed by atoms with van der Waals surface area (Å²) in [4.78, 5) is 12.1. The number of hydrogen-bond donors (Lipinski definition) is 1. The van der Waals surface area contributed by atoms with Crippen molar-refractivity contribution >= 4 is 5.97 Å². The van der Waals surface area contributed by atoms with Crippen LogP contribution in [-0.2, 0) is 15.1 Å². The van der Waals surface area contributed by atoms with E-state index < -0.39 is 11.5 Å². The van der Waals surface area contributed by atoms with Crippen LogP contribution in [0.3, 0.4) is 0 Å². The van der Waals surface area contributed by atoms with Crippen LogP contribution < -0.4 is 5.32 Å². The molecule has 3 nitrogen and oxygen atoms in total. The van der Waals surface area contributed by atoms with Crippen LogP contribution in [0.15, 0.2) is 18.2 Å². The van der Waals surface area contributed by atoms with Crippen LogP contribution in [0.25, 0.3) is 0 Å². The summed E-state index contributed by atoms with van der Waals surface area (Å²) < 4.78 is 18.6. The van der Waals surface area contributed by atoms with Gasteiger partial charge < -0.3 is 4.74 Å². The molecule has 1 aromatic carbocycles. The first kappa shape index (κ1) is 14.0. The summed E-state index contributed by atoms with van der Waals surface area (Å²) in [5.41, 5.74) is 0.174. The maximum absolute atomic E-state index is 13.7. The fourth-order valence-electron chi connectivity index (χ4n) is 2.07. The molecule has 0 saturated heterocycles. The van der Waals surface area contributed by atoms with Gasteiger partial charge in [0.25, 0.3) is 0 Å². The summed E-state index contributed by atoms with van der Waals surface area (Å²) in [5, 5.41) is 3.23. The van der Waals surface area contributed by atoms with E-state index in [0.29, 0.717) is 17.0 Å². The number of aryl methyl sites for hydroxylation is 1. The van der Waals surface area contributed by atoms with Crippen molar-refractivity contribution < 1.29 is 13.9 Å². The van der Waals surface area contributed by atoms with Crippen molar-refractivity contribution in [2.24, 2.45) is 5.92 Å². The van der Waals surface area contributed by atoms with Gasteiger partial charge in [0.1, 0.15) is 11.4 Å². The normalized spacial score (nSPS) is 17.9. The molecule has 2 rings (SSSR count). The lowest BCUT2D eigenvalue weighted by molar-refractivity contribution is -0.148. The molecule has 1 saturated carbocycles. The molecular weight excluding hydrogens is 245 g/mol. The molecule has 1 aromatic rings. The summed E-state index contributed by atoms with van der Waals surface area (Å²) >= 11 is 0. The second-order valence-corrected chi connectivity index (χ2v) is 5.40. The lowest BCUT2D eigenvalue weighted by atomic mass is 9.91. The summed E-state index contributed by atoms with van der Waals surface area (Å²) in [6, 6.07) is 4.87. The average Bonchev–Trinajstić information content (AvgIpc) is 3.22. The molecule has 0 aliphatic heterocycles. The van der Waals surface area contributed by atoms with Crippen molar-refractivity contribution in [2.75, 3.05) is 13.7 Å². The number of methoxy groups -OCH3 is 1. The largest absolute Gasteiger partial charge is 0.467 e. The molecule has 0 amide bonds. The zero-order valence-corrected chi connectivity index (χ0v) is 11.6. The molecule has 0 bridgehead atoms. The van der Waals surface area contributed by atoms with E-state index in [9.17, 15) is 9.18 Å². The van der Waals surface area contributed by atoms with Gasteiger partial charge in [0, 0.05) is 0 Å². The molecule has 0 spiro atoms. The number of hydrogen-bond acceptors (Lipinski definition) is 3. The monoisotopic (exact) mass is 265 g/mol. The SMILES string of the molecule is COC(=O)C(C)(NCC1CC1)c1ccc(C)c(F)c1. The van der Waals surface area contributed by atoms with Gasteiger partial charge in [0.15, 0.2) is 0 Å². The minimum atomic E-state index is -0.994. The number of esters is 1.